The van der Waals surface area contributed by atoms with Crippen molar-refractivity contribution in [2.24, 2.45) is 5.73 Å². The molecule has 1 rings (SSSR count). The average Bonchev–Trinajstić information content (AvgIpc) is 2.17. The smallest absolute Gasteiger partial charge is 0.277 e. The molecule has 1 aliphatic carbocycles. The second-order valence-electron chi connectivity index (χ2n) is 4.16. The molecule has 0 atom stereocenters. The number of hydrogen-bond acceptors (Lipinski definition) is 3. The number of amidine groups is 1. The molecule has 0 spiro atoms. The largest absolute Gasteiger partial charge is 0.386 e. The van der Waals surface area contributed by atoms with Gasteiger partial charge in [-0.2, -0.15) is 13.1 Å². The first-order valence-electron chi connectivity index (χ1n) is 5.55. The molecule has 6 nitrogen and oxygen atoms in total. The van der Waals surface area contributed by atoms with Gasteiger partial charge in [-0.3, -0.25) is 5.41 Å². The van der Waals surface area contributed by atoms with E-state index in [1.807, 2.05) is 0 Å². The van der Waals surface area contributed by atoms with Crippen molar-refractivity contribution >= 4 is 16.0 Å². The summed E-state index contributed by atoms with van der Waals surface area (Å²) in [6.07, 6.45) is 4.07. The maximum absolute atomic E-state index is 11.6. The molecule has 7 heteroatoms. The summed E-state index contributed by atoms with van der Waals surface area (Å²) in [7, 11) is -3.56. The normalized spacial score (nSPS) is 20.6. The maximum Gasteiger partial charge on any atom is 0.277 e. The van der Waals surface area contributed by atoms with Gasteiger partial charge in [0.2, 0.25) is 0 Å². The van der Waals surface area contributed by atoms with E-state index < -0.39 is 15.7 Å². The van der Waals surface area contributed by atoms with Gasteiger partial charge < -0.3 is 5.73 Å². The van der Waals surface area contributed by atoms with E-state index in [1.165, 1.54) is 0 Å². The first-order chi connectivity index (χ1) is 7.42. The first kappa shape index (κ1) is 13.4. The second kappa shape index (κ2) is 5.11. The molecule has 1 saturated carbocycles. The van der Waals surface area contributed by atoms with Crippen LogP contribution in [0.2, 0.25) is 0 Å². The van der Waals surface area contributed by atoms with E-state index >= 15 is 0 Å². The predicted octanol–water partition coefficient (Wildman–Crippen LogP) is 0.0692. The third-order valence-electron chi connectivity index (χ3n) is 2.89. The van der Waals surface area contributed by atoms with Crippen molar-refractivity contribution in [3.8, 4) is 0 Å². The van der Waals surface area contributed by atoms with Gasteiger partial charge in [0.25, 0.3) is 10.2 Å². The lowest BCUT2D eigenvalue weighted by molar-refractivity contribution is 0.347. The van der Waals surface area contributed by atoms with Gasteiger partial charge >= 0.3 is 0 Å². The monoisotopic (exact) mass is 248 g/mol. The molecule has 0 unspecified atom stereocenters. The maximum atomic E-state index is 11.6. The van der Waals surface area contributed by atoms with Gasteiger partial charge in [0.1, 0.15) is 5.84 Å². The number of nitrogens with one attached hydrogen (secondary N) is 3. The first-order valence-corrected chi connectivity index (χ1v) is 7.03. The molecule has 16 heavy (non-hydrogen) atoms. The quantitative estimate of drug-likeness (QED) is 0.408. The van der Waals surface area contributed by atoms with Crippen LogP contribution in [-0.4, -0.2) is 26.3 Å². The van der Waals surface area contributed by atoms with Crippen molar-refractivity contribution in [2.75, 3.05) is 6.54 Å². The summed E-state index contributed by atoms with van der Waals surface area (Å²) in [4.78, 5) is 0. The molecule has 0 amide bonds. The Hall–Kier alpha value is -0.660. The zero-order valence-corrected chi connectivity index (χ0v) is 10.4. The van der Waals surface area contributed by atoms with Crippen LogP contribution >= 0.6 is 0 Å². The van der Waals surface area contributed by atoms with Gasteiger partial charge in [-0.1, -0.05) is 26.2 Å². The standard InChI is InChI=1S/C9H20N4O2S/c1-2-12-16(14,15)13-9(8(10)11)6-4-3-5-7-9/h12-13H,2-7H2,1H3,(H3,10,11). The molecule has 0 aliphatic heterocycles. The summed E-state index contributed by atoms with van der Waals surface area (Å²) >= 11 is 0. The third-order valence-corrected chi connectivity index (χ3v) is 4.21. The SMILES string of the molecule is CCNS(=O)(=O)NC1(C(=N)N)CCCCC1. The van der Waals surface area contributed by atoms with Crippen LogP contribution in [0, 0.1) is 5.41 Å². The van der Waals surface area contributed by atoms with Crippen molar-refractivity contribution < 1.29 is 8.42 Å². The number of nitrogens with two attached hydrogens (primary N) is 1. The van der Waals surface area contributed by atoms with Crippen LogP contribution in [0.5, 0.6) is 0 Å². The second-order valence-corrected chi connectivity index (χ2v) is 5.66. The van der Waals surface area contributed by atoms with Gasteiger partial charge in [-0.05, 0) is 12.8 Å². The minimum Gasteiger partial charge on any atom is -0.386 e. The summed E-state index contributed by atoms with van der Waals surface area (Å²) in [5.41, 5.74) is 4.66. The topological polar surface area (TPSA) is 108 Å². The van der Waals surface area contributed by atoms with Crippen molar-refractivity contribution in [1.82, 2.24) is 9.44 Å². The summed E-state index contributed by atoms with van der Waals surface area (Å²) in [5, 5.41) is 7.57. The van der Waals surface area contributed by atoms with Crippen LogP contribution in [0.1, 0.15) is 39.0 Å². The summed E-state index contributed by atoms with van der Waals surface area (Å²) in [5.74, 6) is -0.0892. The summed E-state index contributed by atoms with van der Waals surface area (Å²) < 4.78 is 28.1. The highest BCUT2D eigenvalue weighted by Gasteiger charge is 2.38. The van der Waals surface area contributed by atoms with E-state index in [-0.39, 0.29) is 5.84 Å². The highest BCUT2D eigenvalue weighted by molar-refractivity contribution is 7.87. The minimum absolute atomic E-state index is 0.0892. The molecular weight excluding hydrogens is 228 g/mol. The molecule has 5 N–H and O–H groups in total. The van der Waals surface area contributed by atoms with Crippen molar-refractivity contribution in [3.05, 3.63) is 0 Å². The fraction of sp³-hybridized carbons (Fsp3) is 0.889. The van der Waals surface area contributed by atoms with Crippen LogP contribution in [0.3, 0.4) is 0 Å². The fourth-order valence-electron chi connectivity index (χ4n) is 2.07. The van der Waals surface area contributed by atoms with Gasteiger partial charge in [0.05, 0.1) is 5.54 Å². The van der Waals surface area contributed by atoms with Crippen molar-refractivity contribution in [3.63, 3.8) is 0 Å². The van der Waals surface area contributed by atoms with Crippen LogP contribution < -0.4 is 15.2 Å². The Kier molecular flexibility index (Phi) is 4.28. The zero-order chi connectivity index (χ0) is 12.2. The Balaban J connectivity index is 2.83. The molecule has 94 valence electrons. The van der Waals surface area contributed by atoms with E-state index in [0.29, 0.717) is 19.4 Å². The minimum atomic E-state index is -3.56. The van der Waals surface area contributed by atoms with E-state index in [9.17, 15) is 8.42 Å². The fourth-order valence-corrected chi connectivity index (χ4v) is 3.35. The zero-order valence-electron chi connectivity index (χ0n) is 9.54. The van der Waals surface area contributed by atoms with E-state index in [1.54, 1.807) is 6.92 Å². The summed E-state index contributed by atoms with van der Waals surface area (Å²) in [6, 6.07) is 0. The lowest BCUT2D eigenvalue weighted by Gasteiger charge is -2.36. The third kappa shape index (κ3) is 3.16. The Bertz CT molecular complexity index is 347. The molecule has 0 radical (unpaired) electrons. The Morgan fingerprint density at radius 3 is 2.38 bits per heavy atom. The molecule has 0 aromatic heterocycles. The Morgan fingerprint density at radius 1 is 1.38 bits per heavy atom. The van der Waals surface area contributed by atoms with Gasteiger partial charge in [0.15, 0.2) is 0 Å². The number of hydrogen-bond donors (Lipinski definition) is 4. The average molecular weight is 248 g/mol. The van der Waals surface area contributed by atoms with Crippen LogP contribution in [0.4, 0.5) is 0 Å². The Morgan fingerprint density at radius 2 is 1.94 bits per heavy atom. The van der Waals surface area contributed by atoms with Gasteiger partial charge in [0, 0.05) is 6.54 Å². The van der Waals surface area contributed by atoms with Crippen molar-refractivity contribution in [1.29, 1.82) is 5.41 Å². The van der Waals surface area contributed by atoms with Crippen molar-refractivity contribution in [2.45, 2.75) is 44.6 Å². The molecular formula is C9H20N4O2S. The van der Waals surface area contributed by atoms with E-state index in [0.717, 1.165) is 19.3 Å². The van der Waals surface area contributed by atoms with E-state index in [4.69, 9.17) is 11.1 Å². The van der Waals surface area contributed by atoms with Crippen LogP contribution in [0.25, 0.3) is 0 Å². The van der Waals surface area contributed by atoms with E-state index in [2.05, 4.69) is 9.44 Å². The number of rotatable bonds is 5. The molecule has 1 fully saturated rings. The van der Waals surface area contributed by atoms with Crippen LogP contribution in [0.15, 0.2) is 0 Å². The molecule has 0 aromatic rings. The molecule has 0 bridgehead atoms. The van der Waals surface area contributed by atoms with Crippen LogP contribution in [-0.2, 0) is 10.2 Å². The predicted molar refractivity (Wildman–Crippen MR) is 63.5 cm³/mol. The Labute approximate surface area is 96.7 Å². The molecule has 0 saturated heterocycles. The van der Waals surface area contributed by atoms with Gasteiger partial charge in [-0.15, -0.1) is 0 Å². The molecule has 1 aliphatic rings. The summed E-state index contributed by atoms with van der Waals surface area (Å²) in [6.45, 7) is 2.03. The highest BCUT2D eigenvalue weighted by atomic mass is 32.2. The molecule has 0 heterocycles. The lowest BCUT2D eigenvalue weighted by atomic mass is 9.82. The lowest BCUT2D eigenvalue weighted by Crippen LogP contribution is -2.60. The molecule has 0 aromatic carbocycles. The highest BCUT2D eigenvalue weighted by Crippen LogP contribution is 2.28. The van der Waals surface area contributed by atoms with Gasteiger partial charge in [-0.25, -0.2) is 4.72 Å².